The minimum absolute atomic E-state index is 0.384. The van der Waals surface area contributed by atoms with E-state index in [1.165, 1.54) is 18.9 Å². The van der Waals surface area contributed by atoms with Gasteiger partial charge in [-0.2, -0.15) is 0 Å². The first-order valence-electron chi connectivity index (χ1n) is 6.47. The summed E-state index contributed by atoms with van der Waals surface area (Å²) >= 11 is 6.60. The predicted molar refractivity (Wildman–Crippen MR) is 97.1 cm³/mol. The fourth-order valence-electron chi connectivity index (χ4n) is 1.98. The number of hydrogen-bond acceptors (Lipinski definition) is 6. The number of fused-ring (bicyclic) bond motifs is 2. The predicted octanol–water partition coefficient (Wildman–Crippen LogP) is 2.72. The first kappa shape index (κ1) is 17.0. The van der Waals surface area contributed by atoms with Crippen molar-refractivity contribution < 1.29 is 8.42 Å². The number of nitrogens with zero attached hydrogens (tertiary/aromatic N) is 5. The van der Waals surface area contributed by atoms with Crippen molar-refractivity contribution in [2.24, 2.45) is 0 Å². The van der Waals surface area contributed by atoms with Gasteiger partial charge in [-0.3, -0.25) is 0 Å². The molecule has 0 saturated carbocycles. The van der Waals surface area contributed by atoms with E-state index in [9.17, 15) is 8.42 Å². The third-order valence-electron chi connectivity index (χ3n) is 3.05. The number of halogens is 2. The van der Waals surface area contributed by atoms with E-state index in [4.69, 9.17) is 0 Å². The maximum atomic E-state index is 11.3. The highest BCUT2D eigenvalue weighted by Crippen LogP contribution is 2.24. The van der Waals surface area contributed by atoms with Gasteiger partial charge in [0.15, 0.2) is 5.65 Å². The second-order valence-corrected chi connectivity index (χ2v) is 8.29. The Morgan fingerprint density at radius 1 is 1.04 bits per heavy atom. The zero-order chi connectivity index (χ0) is 17.3. The van der Waals surface area contributed by atoms with Crippen molar-refractivity contribution in [1.29, 1.82) is 0 Å². The van der Waals surface area contributed by atoms with E-state index in [1.807, 2.05) is 6.20 Å². The Morgan fingerprint density at radius 2 is 1.71 bits per heavy atom. The monoisotopic (exact) mass is 472 g/mol. The molecule has 11 heteroatoms. The molecule has 4 rings (SSSR count). The van der Waals surface area contributed by atoms with Crippen LogP contribution in [0.4, 0.5) is 0 Å². The molecule has 0 aliphatic rings. The minimum atomic E-state index is -3.31. The average molecular weight is 474 g/mol. The van der Waals surface area contributed by atoms with Gasteiger partial charge in [-0.15, -0.1) is 0 Å². The van der Waals surface area contributed by atoms with Gasteiger partial charge >= 0.3 is 0 Å². The maximum absolute atomic E-state index is 11.3. The molecule has 24 heavy (non-hydrogen) atoms. The molecule has 1 N–H and O–H groups in total. The summed E-state index contributed by atoms with van der Waals surface area (Å²) in [6, 6.07) is 0. The van der Waals surface area contributed by atoms with Gasteiger partial charge in [0.05, 0.1) is 17.0 Å². The smallest absolute Gasteiger partial charge is 0.237 e. The Kier molecular flexibility index (Phi) is 4.65. The number of rotatable bonds is 1. The van der Waals surface area contributed by atoms with E-state index in [2.05, 4.69) is 56.8 Å². The summed E-state index contributed by atoms with van der Waals surface area (Å²) in [7, 11) is -3.31. The first-order valence-corrected chi connectivity index (χ1v) is 9.91. The van der Waals surface area contributed by atoms with Gasteiger partial charge in [0.25, 0.3) is 0 Å². The van der Waals surface area contributed by atoms with E-state index in [-0.39, 0.29) is 0 Å². The topological polar surface area (TPSA) is 106 Å². The molecule has 8 nitrogen and oxygen atoms in total. The fraction of sp³-hybridized carbons (Fsp3) is 0.0769. The molecular formula is C13H10Br2N6O2S. The third kappa shape index (κ3) is 3.32. The van der Waals surface area contributed by atoms with E-state index in [0.717, 1.165) is 25.7 Å². The van der Waals surface area contributed by atoms with Gasteiger partial charge < -0.3 is 4.98 Å². The van der Waals surface area contributed by atoms with Crippen LogP contribution in [0.25, 0.3) is 22.1 Å². The molecule has 0 atom stereocenters. The molecule has 0 spiro atoms. The Morgan fingerprint density at radius 3 is 2.38 bits per heavy atom. The number of aromatic nitrogens is 6. The van der Waals surface area contributed by atoms with Crippen molar-refractivity contribution in [3.8, 4) is 0 Å². The summed E-state index contributed by atoms with van der Waals surface area (Å²) in [5.74, 6) is 0. The molecule has 0 unspecified atom stereocenters. The van der Waals surface area contributed by atoms with Crippen LogP contribution < -0.4 is 0 Å². The van der Waals surface area contributed by atoms with E-state index < -0.39 is 10.0 Å². The van der Waals surface area contributed by atoms with Gasteiger partial charge in [-0.05, 0) is 31.9 Å². The van der Waals surface area contributed by atoms with Crippen molar-refractivity contribution in [2.75, 3.05) is 6.26 Å². The number of aromatic amines is 1. The van der Waals surface area contributed by atoms with Gasteiger partial charge in [0.2, 0.25) is 10.0 Å². The van der Waals surface area contributed by atoms with Gasteiger partial charge in [-0.1, -0.05) is 0 Å². The van der Waals surface area contributed by atoms with Crippen LogP contribution in [-0.4, -0.2) is 43.6 Å². The number of hydrogen-bond donors (Lipinski definition) is 1. The lowest BCUT2D eigenvalue weighted by Gasteiger charge is -1.98. The van der Waals surface area contributed by atoms with Gasteiger partial charge in [0, 0.05) is 33.7 Å². The van der Waals surface area contributed by atoms with Crippen LogP contribution >= 0.6 is 31.9 Å². The van der Waals surface area contributed by atoms with Crippen LogP contribution in [-0.2, 0) is 10.0 Å². The quantitative estimate of drug-likeness (QED) is 0.455. The van der Waals surface area contributed by atoms with Crippen LogP contribution in [0.3, 0.4) is 0 Å². The maximum Gasteiger partial charge on any atom is 0.237 e. The number of H-pyrrole nitrogens is 1. The van der Waals surface area contributed by atoms with Crippen LogP contribution in [0.2, 0.25) is 0 Å². The highest BCUT2D eigenvalue weighted by molar-refractivity contribution is 9.11. The lowest BCUT2D eigenvalue weighted by atomic mass is 10.4. The first-order chi connectivity index (χ1) is 11.4. The molecule has 0 aliphatic carbocycles. The van der Waals surface area contributed by atoms with E-state index in [1.54, 1.807) is 12.4 Å². The highest BCUT2D eigenvalue weighted by atomic mass is 79.9. The average Bonchev–Trinajstić information content (AvgIpc) is 3.10. The van der Waals surface area contributed by atoms with Gasteiger partial charge in [0.1, 0.15) is 18.3 Å². The second-order valence-electron chi connectivity index (χ2n) is 4.72. The zero-order valence-electron chi connectivity index (χ0n) is 12.2. The van der Waals surface area contributed by atoms with E-state index in [0.29, 0.717) is 15.5 Å². The second kappa shape index (κ2) is 6.57. The summed E-state index contributed by atoms with van der Waals surface area (Å²) in [5.41, 5.74) is 1.25. The summed E-state index contributed by atoms with van der Waals surface area (Å²) in [6.45, 7) is 0. The largest absolute Gasteiger partial charge is 0.345 e. The van der Waals surface area contributed by atoms with Crippen molar-refractivity contribution in [3.63, 3.8) is 0 Å². The van der Waals surface area contributed by atoms with E-state index >= 15 is 0 Å². The van der Waals surface area contributed by atoms with Crippen LogP contribution in [0, 0.1) is 0 Å². The third-order valence-corrected chi connectivity index (χ3v) is 5.33. The van der Waals surface area contributed by atoms with Crippen LogP contribution in [0.15, 0.2) is 46.4 Å². The summed E-state index contributed by atoms with van der Waals surface area (Å²) in [5, 5.41) is 1.69. The molecule has 0 fully saturated rings. The number of nitrogens with one attached hydrogen (secondary N) is 1. The molecule has 4 heterocycles. The minimum Gasteiger partial charge on any atom is -0.345 e. The van der Waals surface area contributed by atoms with Crippen LogP contribution in [0.5, 0.6) is 0 Å². The van der Waals surface area contributed by atoms with Gasteiger partial charge in [-0.25, -0.2) is 32.3 Å². The molecule has 4 aromatic heterocycles. The molecule has 0 amide bonds. The normalized spacial score (nSPS) is 11.5. The Balaban J connectivity index is 0.000000149. The lowest BCUT2D eigenvalue weighted by molar-refractivity contribution is 0.595. The van der Waals surface area contributed by atoms with Crippen LogP contribution in [0.1, 0.15) is 0 Å². The molecule has 0 aliphatic heterocycles. The highest BCUT2D eigenvalue weighted by Gasteiger charge is 2.13. The molecule has 124 valence electrons. The standard InChI is InChI=1S/C7H6BrN3O2S.C6H4BrN3/c1-14(12,13)11-3-6(8)5-2-9-4-10-7(5)11;7-5-2-9-6-4(5)1-8-3-10-6/h2-4H,1H3;1-3H,(H,8,9,10). The lowest BCUT2D eigenvalue weighted by Crippen LogP contribution is -2.08. The summed E-state index contributed by atoms with van der Waals surface area (Å²) in [6.07, 6.45) is 10.6. The Hall–Kier alpha value is -1.85. The molecule has 0 bridgehead atoms. The molecule has 4 aromatic rings. The molecule has 0 aromatic carbocycles. The fourth-order valence-corrected chi connectivity index (χ4v) is 3.76. The molecule has 0 saturated heterocycles. The summed E-state index contributed by atoms with van der Waals surface area (Å²) in [4.78, 5) is 18.6. The molecular weight excluding hydrogens is 464 g/mol. The SMILES string of the molecule is Brc1c[nH]c2ncncc12.CS(=O)(=O)n1cc(Br)c2cncnc21. The Bertz CT molecular complexity index is 1120. The zero-order valence-corrected chi connectivity index (χ0v) is 16.2. The van der Waals surface area contributed by atoms with Crippen molar-refractivity contribution in [2.45, 2.75) is 0 Å². The molecule has 0 radical (unpaired) electrons. The summed E-state index contributed by atoms with van der Waals surface area (Å²) < 4.78 is 25.5. The van der Waals surface area contributed by atoms with Crippen molar-refractivity contribution in [3.05, 3.63) is 46.4 Å². The van der Waals surface area contributed by atoms with Crippen molar-refractivity contribution >= 4 is 63.9 Å². The van der Waals surface area contributed by atoms with Crippen molar-refractivity contribution in [1.82, 2.24) is 28.9 Å². The Labute approximate surface area is 153 Å².